The molecule has 0 unspecified atom stereocenters. The highest BCUT2D eigenvalue weighted by atomic mass is 32.2. The molecular formula is C24H27N5O7S. The van der Waals surface area contributed by atoms with Crippen LogP contribution >= 0.6 is 0 Å². The fraction of sp³-hybridized carbons (Fsp3) is 0.292. The van der Waals surface area contributed by atoms with Gasteiger partial charge in [-0.2, -0.15) is 4.31 Å². The summed E-state index contributed by atoms with van der Waals surface area (Å²) in [6.45, 7) is 1.25. The molecule has 0 spiro atoms. The van der Waals surface area contributed by atoms with E-state index in [4.69, 9.17) is 19.4 Å². The zero-order chi connectivity index (χ0) is 26.6. The van der Waals surface area contributed by atoms with Crippen molar-refractivity contribution < 1.29 is 32.6 Å². The number of benzene rings is 2. The maximum atomic E-state index is 13.3. The minimum Gasteiger partial charge on any atom is -0.493 e. The van der Waals surface area contributed by atoms with Gasteiger partial charge in [0.1, 0.15) is 0 Å². The number of nitrogens with one attached hydrogen (secondary N) is 1. The van der Waals surface area contributed by atoms with E-state index in [9.17, 15) is 13.2 Å². The molecule has 1 aliphatic rings. The Labute approximate surface area is 214 Å². The van der Waals surface area contributed by atoms with Gasteiger partial charge in [0, 0.05) is 44.1 Å². The van der Waals surface area contributed by atoms with Crippen molar-refractivity contribution in [2.75, 3.05) is 52.4 Å². The van der Waals surface area contributed by atoms with Crippen LogP contribution in [0.15, 0.2) is 53.7 Å². The van der Waals surface area contributed by atoms with Gasteiger partial charge in [-0.25, -0.2) is 23.9 Å². The first kappa shape index (κ1) is 26.1. The Morgan fingerprint density at radius 1 is 0.892 bits per heavy atom. The molecule has 0 atom stereocenters. The first-order chi connectivity index (χ1) is 17.8. The fourth-order valence-corrected chi connectivity index (χ4v) is 5.50. The van der Waals surface area contributed by atoms with E-state index >= 15 is 0 Å². The van der Waals surface area contributed by atoms with E-state index in [-0.39, 0.29) is 23.5 Å². The molecule has 3 aromatic rings. The van der Waals surface area contributed by atoms with Gasteiger partial charge in [0.05, 0.1) is 31.8 Å². The van der Waals surface area contributed by atoms with Gasteiger partial charge in [-0.1, -0.05) is 12.1 Å². The van der Waals surface area contributed by atoms with Gasteiger partial charge < -0.3 is 19.1 Å². The zero-order valence-electron chi connectivity index (χ0n) is 20.5. The number of piperazine rings is 1. The maximum Gasteiger partial charge on any atom is 0.277 e. The van der Waals surface area contributed by atoms with Gasteiger partial charge in [0.25, 0.3) is 5.91 Å². The average molecular weight is 530 g/mol. The molecule has 1 amide bonds. The number of hydroxylamine groups is 1. The number of carbonyl (C=O) groups excluding carboxylic acids is 1. The molecule has 37 heavy (non-hydrogen) atoms. The van der Waals surface area contributed by atoms with E-state index in [1.807, 2.05) is 11.0 Å². The van der Waals surface area contributed by atoms with Gasteiger partial charge in [0.2, 0.25) is 21.7 Å². The van der Waals surface area contributed by atoms with Gasteiger partial charge >= 0.3 is 0 Å². The third kappa shape index (κ3) is 5.14. The fourth-order valence-electron chi connectivity index (χ4n) is 4.08. The predicted molar refractivity (Wildman–Crippen MR) is 134 cm³/mol. The zero-order valence-corrected chi connectivity index (χ0v) is 21.4. The molecule has 0 radical (unpaired) electrons. The summed E-state index contributed by atoms with van der Waals surface area (Å²) in [6, 6.07) is 10.2. The normalized spacial score (nSPS) is 14.2. The second-order valence-corrected chi connectivity index (χ2v) is 9.95. The third-order valence-electron chi connectivity index (χ3n) is 6.03. The van der Waals surface area contributed by atoms with Crippen molar-refractivity contribution in [1.82, 2.24) is 19.8 Å². The highest BCUT2D eigenvalue weighted by Crippen LogP contribution is 2.44. The molecule has 12 nitrogen and oxygen atoms in total. The lowest BCUT2D eigenvalue weighted by molar-refractivity contribution is 0.0705. The monoisotopic (exact) mass is 529 g/mol. The Hall–Kier alpha value is -3.94. The first-order valence-electron chi connectivity index (χ1n) is 11.2. The Kier molecular flexibility index (Phi) is 7.76. The Balaban J connectivity index is 1.48. The number of ether oxygens (including phenoxy) is 3. The second-order valence-electron chi connectivity index (χ2n) is 8.01. The molecular weight excluding hydrogens is 502 g/mol. The van der Waals surface area contributed by atoms with Crippen LogP contribution in [0.4, 0.5) is 5.95 Å². The summed E-state index contributed by atoms with van der Waals surface area (Å²) in [5.74, 6) is 1.13. The minimum atomic E-state index is -3.72. The lowest BCUT2D eigenvalue weighted by atomic mass is 10.0. The highest BCUT2D eigenvalue weighted by Gasteiger charge is 2.29. The molecule has 13 heteroatoms. The third-order valence-corrected chi connectivity index (χ3v) is 7.94. The number of amides is 1. The Bertz CT molecular complexity index is 1360. The lowest BCUT2D eigenvalue weighted by Crippen LogP contribution is -2.49. The molecule has 0 bridgehead atoms. The smallest absolute Gasteiger partial charge is 0.277 e. The second kappa shape index (κ2) is 11.0. The van der Waals surface area contributed by atoms with Crippen LogP contribution in [0.3, 0.4) is 0 Å². The summed E-state index contributed by atoms with van der Waals surface area (Å²) < 4.78 is 44.3. The van der Waals surface area contributed by atoms with Crippen LogP contribution in [0.2, 0.25) is 0 Å². The molecule has 4 rings (SSSR count). The van der Waals surface area contributed by atoms with E-state index in [1.165, 1.54) is 43.5 Å². The van der Waals surface area contributed by atoms with Crippen LogP contribution in [0, 0.1) is 0 Å². The van der Waals surface area contributed by atoms with Crippen LogP contribution in [-0.2, 0) is 10.0 Å². The van der Waals surface area contributed by atoms with Crippen molar-refractivity contribution in [3.8, 4) is 28.4 Å². The van der Waals surface area contributed by atoms with Crippen molar-refractivity contribution in [1.29, 1.82) is 0 Å². The van der Waals surface area contributed by atoms with Crippen molar-refractivity contribution >= 4 is 21.9 Å². The average Bonchev–Trinajstić information content (AvgIpc) is 2.96. The highest BCUT2D eigenvalue weighted by molar-refractivity contribution is 7.89. The number of sulfonamides is 1. The van der Waals surface area contributed by atoms with E-state index in [0.717, 1.165) is 11.1 Å². The summed E-state index contributed by atoms with van der Waals surface area (Å²) in [4.78, 5) is 21.7. The number of methoxy groups -OCH3 is 3. The molecule has 1 aliphatic heterocycles. The van der Waals surface area contributed by atoms with E-state index in [2.05, 4.69) is 9.97 Å². The van der Waals surface area contributed by atoms with E-state index < -0.39 is 15.9 Å². The largest absolute Gasteiger partial charge is 0.493 e. The molecule has 2 heterocycles. The molecule has 0 saturated carbocycles. The summed E-state index contributed by atoms with van der Waals surface area (Å²) in [6.07, 6.45) is 2.60. The molecule has 196 valence electrons. The standard InChI is InChI=1S/C24H27N5O7S/c1-34-20-9-8-19(21(35-2)22(20)36-3)16-4-6-18(7-5-16)37(32,33)29-12-10-28(11-13-29)24-25-14-17(15-26-24)23(30)27-31/h4-9,14-15,31H,10-13H2,1-3H3,(H,27,30). The number of hydrogen-bond donors (Lipinski definition) is 2. The van der Waals surface area contributed by atoms with Crippen LogP contribution in [-0.4, -0.2) is 81.3 Å². The van der Waals surface area contributed by atoms with Crippen LogP contribution < -0.4 is 24.6 Å². The Morgan fingerprint density at radius 3 is 2.05 bits per heavy atom. The maximum absolute atomic E-state index is 13.3. The minimum absolute atomic E-state index is 0.113. The molecule has 1 aromatic heterocycles. The quantitative estimate of drug-likeness (QED) is 0.327. The molecule has 1 fully saturated rings. The van der Waals surface area contributed by atoms with Gasteiger partial charge in [-0.15, -0.1) is 0 Å². The van der Waals surface area contributed by atoms with Crippen LogP contribution in [0.1, 0.15) is 10.4 Å². The van der Waals surface area contributed by atoms with Crippen molar-refractivity contribution in [3.05, 3.63) is 54.4 Å². The van der Waals surface area contributed by atoms with Crippen molar-refractivity contribution in [3.63, 3.8) is 0 Å². The molecule has 2 aromatic carbocycles. The predicted octanol–water partition coefficient (Wildman–Crippen LogP) is 1.80. The van der Waals surface area contributed by atoms with Gasteiger partial charge in [-0.3, -0.25) is 10.0 Å². The van der Waals surface area contributed by atoms with Gasteiger partial charge in [0.15, 0.2) is 11.5 Å². The lowest BCUT2D eigenvalue weighted by Gasteiger charge is -2.34. The van der Waals surface area contributed by atoms with E-state index in [0.29, 0.717) is 36.3 Å². The topological polar surface area (TPSA) is 143 Å². The summed E-state index contributed by atoms with van der Waals surface area (Å²) >= 11 is 0. The van der Waals surface area contributed by atoms with Gasteiger partial charge in [-0.05, 0) is 29.8 Å². The number of hydrogen-bond acceptors (Lipinski definition) is 10. The van der Waals surface area contributed by atoms with Crippen molar-refractivity contribution in [2.45, 2.75) is 4.90 Å². The van der Waals surface area contributed by atoms with Crippen molar-refractivity contribution in [2.24, 2.45) is 0 Å². The number of rotatable bonds is 8. The summed E-state index contributed by atoms with van der Waals surface area (Å²) in [5, 5.41) is 8.70. The summed E-state index contributed by atoms with van der Waals surface area (Å²) in [7, 11) is 0.878. The number of anilines is 1. The van der Waals surface area contributed by atoms with E-state index in [1.54, 1.807) is 30.3 Å². The number of carbonyl (C=O) groups is 1. The van der Waals surface area contributed by atoms with Crippen LogP contribution in [0.5, 0.6) is 17.2 Å². The SMILES string of the molecule is COc1ccc(-c2ccc(S(=O)(=O)N3CCN(c4ncc(C(=O)NO)cn4)CC3)cc2)c(OC)c1OC. The summed E-state index contributed by atoms with van der Waals surface area (Å²) in [5.41, 5.74) is 3.13. The molecule has 1 saturated heterocycles. The molecule has 0 aliphatic carbocycles. The number of nitrogens with zero attached hydrogens (tertiary/aromatic N) is 4. The van der Waals surface area contributed by atoms with Crippen LogP contribution in [0.25, 0.3) is 11.1 Å². The molecule has 2 N–H and O–H groups in total. The Morgan fingerprint density at radius 2 is 1.51 bits per heavy atom. The number of aromatic nitrogens is 2. The first-order valence-corrected chi connectivity index (χ1v) is 12.7.